The highest BCUT2D eigenvalue weighted by atomic mass is 32.1. The third-order valence-corrected chi connectivity index (χ3v) is 5.83. The number of ether oxygens (including phenoxy) is 3. The molecular weight excluding hydrogens is 424 g/mol. The van der Waals surface area contributed by atoms with Crippen molar-refractivity contribution in [3.05, 3.63) is 78.4 Å². The van der Waals surface area contributed by atoms with Crippen LogP contribution in [0.4, 0.5) is 5.13 Å². The van der Waals surface area contributed by atoms with Gasteiger partial charge >= 0.3 is 0 Å². The summed E-state index contributed by atoms with van der Waals surface area (Å²) < 4.78 is 17.7. The Morgan fingerprint density at radius 2 is 1.75 bits per heavy atom. The van der Waals surface area contributed by atoms with Gasteiger partial charge in [0.25, 0.3) is 5.91 Å². The fourth-order valence-electron chi connectivity index (χ4n) is 3.24. The topological polar surface area (TPSA) is 60.9 Å². The lowest BCUT2D eigenvalue weighted by Crippen LogP contribution is -2.34. The number of benzene rings is 3. The van der Waals surface area contributed by atoms with Gasteiger partial charge in [-0.2, -0.15) is 0 Å². The minimum absolute atomic E-state index is 0.117. The number of methoxy groups -OCH3 is 1. The van der Waals surface area contributed by atoms with Crippen LogP contribution >= 0.6 is 11.3 Å². The van der Waals surface area contributed by atoms with E-state index in [0.717, 1.165) is 15.8 Å². The Balaban J connectivity index is 1.61. The van der Waals surface area contributed by atoms with E-state index >= 15 is 0 Å². The number of rotatable bonds is 9. The molecule has 164 valence electrons. The second-order valence-electron chi connectivity index (χ2n) is 6.97. The first-order chi connectivity index (χ1) is 15.7. The quantitative estimate of drug-likeness (QED) is 0.347. The highest BCUT2D eigenvalue weighted by Gasteiger charge is 2.22. The van der Waals surface area contributed by atoms with Crippen molar-refractivity contribution in [3.63, 3.8) is 0 Å². The maximum atomic E-state index is 13.3. The minimum atomic E-state index is -0.186. The van der Waals surface area contributed by atoms with E-state index in [9.17, 15) is 4.79 Å². The molecule has 1 amide bonds. The Bertz CT molecular complexity index is 1190. The molecule has 0 aliphatic heterocycles. The summed E-state index contributed by atoms with van der Waals surface area (Å²) in [7, 11) is 1.59. The summed E-state index contributed by atoms with van der Waals surface area (Å²) in [5.74, 6) is 1.77. The van der Waals surface area contributed by atoms with Gasteiger partial charge in [0.2, 0.25) is 0 Å². The van der Waals surface area contributed by atoms with E-state index in [1.165, 1.54) is 11.3 Å². The molecule has 7 heteroatoms. The predicted octanol–water partition coefficient (Wildman–Crippen LogP) is 5.32. The Hall–Kier alpha value is -3.58. The predicted molar refractivity (Wildman–Crippen MR) is 127 cm³/mol. The Kier molecular flexibility index (Phi) is 6.87. The van der Waals surface area contributed by atoms with Crippen molar-refractivity contribution >= 4 is 32.6 Å². The smallest absolute Gasteiger partial charge is 0.267 e. The lowest BCUT2D eigenvalue weighted by Gasteiger charge is -2.20. The van der Waals surface area contributed by atoms with E-state index in [1.807, 2.05) is 67.6 Å². The third-order valence-electron chi connectivity index (χ3n) is 4.79. The number of anilines is 1. The van der Waals surface area contributed by atoms with E-state index in [4.69, 9.17) is 19.2 Å². The number of hydrogen-bond acceptors (Lipinski definition) is 6. The molecular formula is C25H24N2O4S. The number of nitrogens with zero attached hydrogens (tertiary/aromatic N) is 2. The van der Waals surface area contributed by atoms with Crippen LogP contribution in [0.25, 0.3) is 10.2 Å². The van der Waals surface area contributed by atoms with Gasteiger partial charge in [-0.1, -0.05) is 53.8 Å². The van der Waals surface area contributed by atoms with E-state index in [1.54, 1.807) is 24.1 Å². The number of carbonyl (C=O) groups excluding carboxylic acids is 1. The summed E-state index contributed by atoms with van der Waals surface area (Å²) >= 11 is 1.46. The van der Waals surface area contributed by atoms with Crippen molar-refractivity contribution in [3.8, 4) is 17.2 Å². The number of para-hydroxylation sites is 1. The normalized spacial score (nSPS) is 10.7. The van der Waals surface area contributed by atoms with Crippen molar-refractivity contribution in [1.29, 1.82) is 0 Å². The van der Waals surface area contributed by atoms with Gasteiger partial charge in [0.05, 0.1) is 25.0 Å². The highest BCUT2D eigenvalue weighted by molar-refractivity contribution is 7.22. The highest BCUT2D eigenvalue weighted by Crippen LogP contribution is 2.35. The molecule has 0 N–H and O–H groups in total. The summed E-state index contributed by atoms with van der Waals surface area (Å²) in [6.07, 6.45) is 0. The van der Waals surface area contributed by atoms with Crippen molar-refractivity contribution in [2.24, 2.45) is 0 Å². The van der Waals surface area contributed by atoms with Gasteiger partial charge < -0.3 is 14.2 Å². The Morgan fingerprint density at radius 1 is 0.969 bits per heavy atom. The molecule has 0 fully saturated rings. The van der Waals surface area contributed by atoms with Crippen LogP contribution in [0.15, 0.2) is 72.8 Å². The lowest BCUT2D eigenvalue weighted by molar-refractivity contribution is -0.120. The van der Waals surface area contributed by atoms with E-state index in [2.05, 4.69) is 0 Å². The van der Waals surface area contributed by atoms with Crippen molar-refractivity contribution in [2.75, 3.05) is 25.2 Å². The van der Waals surface area contributed by atoms with Crippen LogP contribution in [-0.4, -0.2) is 31.2 Å². The van der Waals surface area contributed by atoms with Crippen LogP contribution in [0.3, 0.4) is 0 Å². The van der Waals surface area contributed by atoms with Crippen molar-refractivity contribution in [1.82, 2.24) is 4.98 Å². The van der Waals surface area contributed by atoms with Gasteiger partial charge in [-0.15, -0.1) is 0 Å². The summed E-state index contributed by atoms with van der Waals surface area (Å²) in [5, 5.41) is 0.607. The molecule has 1 aromatic heterocycles. The average Bonchev–Trinajstić information content (AvgIpc) is 3.27. The maximum absolute atomic E-state index is 13.3. The molecule has 0 saturated carbocycles. The molecule has 0 unspecified atom stereocenters. The zero-order valence-corrected chi connectivity index (χ0v) is 18.8. The standard InChI is InChI=1S/C25H24N2O4S/c1-3-30-21-13-8-14-22-24(21)26-25(32-22)27(16-18-9-5-4-6-10-18)23(28)17-31-20-12-7-11-19(15-20)29-2/h4-15H,3,16-17H2,1-2H3. The van der Waals surface area contributed by atoms with Crippen LogP contribution in [-0.2, 0) is 11.3 Å². The second kappa shape index (κ2) is 10.2. The Labute approximate surface area is 191 Å². The van der Waals surface area contributed by atoms with Crippen LogP contribution < -0.4 is 19.1 Å². The molecule has 0 bridgehead atoms. The summed E-state index contributed by atoms with van der Waals surface area (Å²) in [5.41, 5.74) is 1.76. The summed E-state index contributed by atoms with van der Waals surface area (Å²) in [6.45, 7) is 2.76. The Morgan fingerprint density at radius 3 is 2.53 bits per heavy atom. The minimum Gasteiger partial charge on any atom is -0.497 e. The van der Waals surface area contributed by atoms with Gasteiger partial charge in [-0.05, 0) is 36.8 Å². The third kappa shape index (κ3) is 5.00. The first-order valence-electron chi connectivity index (χ1n) is 10.3. The van der Waals surface area contributed by atoms with Gasteiger partial charge in [0.15, 0.2) is 11.7 Å². The zero-order valence-electron chi connectivity index (χ0n) is 18.0. The molecule has 6 nitrogen and oxygen atoms in total. The second-order valence-corrected chi connectivity index (χ2v) is 7.97. The van der Waals surface area contributed by atoms with Gasteiger partial charge in [-0.3, -0.25) is 9.69 Å². The maximum Gasteiger partial charge on any atom is 0.267 e. The number of amides is 1. The molecule has 0 atom stereocenters. The van der Waals surface area contributed by atoms with Crippen LogP contribution in [0.1, 0.15) is 12.5 Å². The van der Waals surface area contributed by atoms with Gasteiger partial charge in [-0.25, -0.2) is 4.98 Å². The first-order valence-corrected chi connectivity index (χ1v) is 11.1. The van der Waals surface area contributed by atoms with E-state index < -0.39 is 0 Å². The number of aromatic nitrogens is 1. The molecule has 32 heavy (non-hydrogen) atoms. The monoisotopic (exact) mass is 448 g/mol. The number of thiazole rings is 1. The van der Waals surface area contributed by atoms with Crippen LogP contribution in [0, 0.1) is 0 Å². The first kappa shape index (κ1) is 21.6. The number of fused-ring (bicyclic) bond motifs is 1. The largest absolute Gasteiger partial charge is 0.497 e. The SMILES string of the molecule is CCOc1cccc2sc(N(Cc3ccccc3)C(=O)COc3cccc(OC)c3)nc12. The van der Waals surface area contributed by atoms with Gasteiger partial charge in [0.1, 0.15) is 22.8 Å². The van der Waals surface area contributed by atoms with E-state index in [-0.39, 0.29) is 12.5 Å². The van der Waals surface area contributed by atoms with Crippen molar-refractivity contribution in [2.45, 2.75) is 13.5 Å². The van der Waals surface area contributed by atoms with E-state index in [0.29, 0.717) is 35.5 Å². The molecule has 3 aromatic carbocycles. The molecule has 0 aliphatic rings. The molecule has 4 aromatic rings. The molecule has 0 aliphatic carbocycles. The molecule has 1 heterocycles. The van der Waals surface area contributed by atoms with Gasteiger partial charge in [0, 0.05) is 6.07 Å². The number of carbonyl (C=O) groups is 1. The van der Waals surface area contributed by atoms with Crippen LogP contribution in [0.5, 0.6) is 17.2 Å². The lowest BCUT2D eigenvalue weighted by atomic mass is 10.2. The fourth-order valence-corrected chi connectivity index (χ4v) is 4.24. The van der Waals surface area contributed by atoms with Crippen molar-refractivity contribution < 1.29 is 19.0 Å². The van der Waals surface area contributed by atoms with Crippen LogP contribution in [0.2, 0.25) is 0 Å². The zero-order chi connectivity index (χ0) is 22.3. The molecule has 0 saturated heterocycles. The molecule has 4 rings (SSSR count). The summed E-state index contributed by atoms with van der Waals surface area (Å²) in [4.78, 5) is 19.7. The molecule has 0 radical (unpaired) electrons. The molecule has 0 spiro atoms. The number of hydrogen-bond donors (Lipinski definition) is 0. The fraction of sp³-hybridized carbons (Fsp3) is 0.200. The average molecular weight is 449 g/mol. The summed E-state index contributed by atoms with van der Waals surface area (Å²) in [6, 6.07) is 22.8.